The van der Waals surface area contributed by atoms with Crippen molar-refractivity contribution >= 4 is 11.3 Å². The van der Waals surface area contributed by atoms with Crippen molar-refractivity contribution in [1.82, 2.24) is 0 Å². The Morgan fingerprint density at radius 1 is 0.952 bits per heavy atom. The summed E-state index contributed by atoms with van der Waals surface area (Å²) in [5.74, 6) is 0. The Labute approximate surface area is 133 Å². The summed E-state index contributed by atoms with van der Waals surface area (Å²) in [6.07, 6.45) is 10.6. The fraction of sp³-hybridized carbons (Fsp3) is 0.765. The van der Waals surface area contributed by atoms with Gasteiger partial charge in [0.15, 0.2) is 0 Å². The number of aryl methyl sites for hydroxylation is 2. The predicted molar refractivity (Wildman–Crippen MR) is 90.8 cm³/mol. The van der Waals surface area contributed by atoms with Gasteiger partial charge in [0, 0.05) is 9.75 Å². The van der Waals surface area contributed by atoms with Crippen molar-refractivity contribution in [3.8, 4) is 0 Å². The van der Waals surface area contributed by atoms with Crippen molar-refractivity contribution in [2.24, 2.45) is 5.73 Å². The number of hydrogen-bond acceptors (Lipinski definition) is 4. The molecule has 0 amide bonds. The van der Waals surface area contributed by atoms with Gasteiger partial charge in [-0.3, -0.25) is 0 Å². The number of hydrogen-bond donors (Lipinski definition) is 3. The van der Waals surface area contributed by atoms with Gasteiger partial charge in [-0.1, -0.05) is 39.0 Å². The lowest BCUT2D eigenvalue weighted by Gasteiger charge is -2.23. The first-order chi connectivity index (χ1) is 10.1. The molecule has 0 aliphatic carbocycles. The van der Waals surface area contributed by atoms with E-state index >= 15 is 0 Å². The largest absolute Gasteiger partial charge is 0.394 e. The second-order valence-electron chi connectivity index (χ2n) is 6.06. The van der Waals surface area contributed by atoms with E-state index < -0.39 is 5.54 Å². The smallest absolute Gasteiger partial charge is 0.0633 e. The van der Waals surface area contributed by atoms with E-state index in [-0.39, 0.29) is 13.2 Å². The van der Waals surface area contributed by atoms with E-state index in [1.165, 1.54) is 54.7 Å². The van der Waals surface area contributed by atoms with Gasteiger partial charge in [-0.05, 0) is 37.8 Å². The third-order valence-corrected chi connectivity index (χ3v) is 5.20. The zero-order valence-electron chi connectivity index (χ0n) is 13.3. The van der Waals surface area contributed by atoms with E-state index in [4.69, 9.17) is 5.73 Å². The lowest BCUT2D eigenvalue weighted by atomic mass is 9.96. The Hall–Kier alpha value is -0.420. The molecule has 122 valence electrons. The van der Waals surface area contributed by atoms with E-state index in [9.17, 15) is 10.2 Å². The molecule has 0 saturated heterocycles. The van der Waals surface area contributed by atoms with Crippen molar-refractivity contribution in [2.45, 2.75) is 70.3 Å². The van der Waals surface area contributed by atoms with Gasteiger partial charge >= 0.3 is 0 Å². The van der Waals surface area contributed by atoms with Gasteiger partial charge < -0.3 is 15.9 Å². The Morgan fingerprint density at radius 2 is 1.52 bits per heavy atom. The van der Waals surface area contributed by atoms with Gasteiger partial charge in [-0.2, -0.15) is 0 Å². The second-order valence-corrected chi connectivity index (χ2v) is 7.32. The van der Waals surface area contributed by atoms with Crippen LogP contribution in [0.15, 0.2) is 12.1 Å². The molecule has 21 heavy (non-hydrogen) atoms. The van der Waals surface area contributed by atoms with Crippen LogP contribution in [0.2, 0.25) is 0 Å². The molecule has 0 saturated carbocycles. The molecule has 1 aromatic heterocycles. The monoisotopic (exact) mass is 313 g/mol. The summed E-state index contributed by atoms with van der Waals surface area (Å²) >= 11 is 1.84. The maximum atomic E-state index is 9.19. The summed E-state index contributed by atoms with van der Waals surface area (Å²) in [6, 6.07) is 4.37. The minimum absolute atomic E-state index is 0.167. The highest BCUT2D eigenvalue weighted by Gasteiger charge is 2.22. The van der Waals surface area contributed by atoms with Crippen LogP contribution in [0.25, 0.3) is 0 Å². The predicted octanol–water partition coefficient (Wildman–Crippen LogP) is 3.27. The maximum absolute atomic E-state index is 9.19. The summed E-state index contributed by atoms with van der Waals surface area (Å²) in [5.41, 5.74) is 5.05. The van der Waals surface area contributed by atoms with Crippen LogP contribution in [0, 0.1) is 0 Å². The third-order valence-electron chi connectivity index (χ3n) is 3.99. The van der Waals surface area contributed by atoms with Crippen molar-refractivity contribution in [3.05, 3.63) is 21.9 Å². The minimum Gasteiger partial charge on any atom is -0.394 e. The molecule has 4 heteroatoms. The van der Waals surface area contributed by atoms with Crippen LogP contribution in [0.5, 0.6) is 0 Å². The Balaban J connectivity index is 2.23. The van der Waals surface area contributed by atoms with Crippen LogP contribution >= 0.6 is 11.3 Å². The molecule has 0 aliphatic heterocycles. The Bertz CT molecular complexity index is 375. The molecule has 0 aliphatic rings. The zero-order valence-corrected chi connectivity index (χ0v) is 14.1. The summed E-state index contributed by atoms with van der Waals surface area (Å²) in [7, 11) is 0. The molecule has 0 unspecified atom stereocenters. The number of aliphatic hydroxyl groups excluding tert-OH is 2. The molecule has 1 aromatic rings. The summed E-state index contributed by atoms with van der Waals surface area (Å²) < 4.78 is 0. The molecule has 1 heterocycles. The van der Waals surface area contributed by atoms with E-state index in [2.05, 4.69) is 19.1 Å². The number of aliphatic hydroxyl groups is 2. The molecule has 1 rings (SSSR count). The number of unbranched alkanes of at least 4 members (excludes halogenated alkanes) is 5. The zero-order chi connectivity index (χ0) is 15.6. The van der Waals surface area contributed by atoms with Gasteiger partial charge in [0.25, 0.3) is 0 Å². The molecule has 0 radical (unpaired) electrons. The van der Waals surface area contributed by atoms with Crippen molar-refractivity contribution in [3.63, 3.8) is 0 Å². The lowest BCUT2D eigenvalue weighted by Crippen LogP contribution is -2.47. The van der Waals surface area contributed by atoms with Crippen LogP contribution in [0.4, 0.5) is 0 Å². The number of rotatable bonds is 12. The third kappa shape index (κ3) is 7.41. The van der Waals surface area contributed by atoms with Crippen molar-refractivity contribution in [2.75, 3.05) is 13.2 Å². The first kappa shape index (κ1) is 18.6. The summed E-state index contributed by atoms with van der Waals surface area (Å²) in [5, 5.41) is 18.4. The molecule has 3 nitrogen and oxygen atoms in total. The minimum atomic E-state index is -0.844. The second kappa shape index (κ2) is 10.3. The van der Waals surface area contributed by atoms with Gasteiger partial charge in [-0.15, -0.1) is 11.3 Å². The molecular formula is C17H31NO2S. The Kier molecular flexibility index (Phi) is 9.16. The average molecular weight is 314 g/mol. The van der Waals surface area contributed by atoms with Gasteiger partial charge in [-0.25, -0.2) is 0 Å². The first-order valence-corrected chi connectivity index (χ1v) is 9.03. The SMILES string of the molecule is CCCCCCCCc1ccc(CCC(N)(CO)CO)s1. The summed E-state index contributed by atoms with van der Waals surface area (Å²) in [4.78, 5) is 2.74. The van der Waals surface area contributed by atoms with Gasteiger partial charge in [0.1, 0.15) is 0 Å². The molecule has 0 aromatic carbocycles. The molecule has 4 N–H and O–H groups in total. The summed E-state index contributed by atoms with van der Waals surface area (Å²) in [6.45, 7) is 1.91. The topological polar surface area (TPSA) is 66.5 Å². The fourth-order valence-electron chi connectivity index (χ4n) is 2.35. The van der Waals surface area contributed by atoms with E-state index in [1.54, 1.807) is 0 Å². The molecule has 0 atom stereocenters. The number of thiophene rings is 1. The lowest BCUT2D eigenvalue weighted by molar-refractivity contribution is 0.115. The maximum Gasteiger partial charge on any atom is 0.0633 e. The average Bonchev–Trinajstić information content (AvgIpc) is 2.96. The first-order valence-electron chi connectivity index (χ1n) is 8.21. The van der Waals surface area contributed by atoms with E-state index in [1.807, 2.05) is 11.3 Å². The highest BCUT2D eigenvalue weighted by Crippen LogP contribution is 2.22. The van der Waals surface area contributed by atoms with Crippen LogP contribution in [0.3, 0.4) is 0 Å². The standard InChI is InChI=1S/C17H31NO2S/c1-2-3-4-5-6-7-8-15-9-10-16(21-15)11-12-17(18,13-19)14-20/h9-10,19-20H,2-8,11-14,18H2,1H3. The fourth-order valence-corrected chi connectivity index (χ4v) is 3.41. The van der Waals surface area contributed by atoms with Crippen LogP contribution in [-0.2, 0) is 12.8 Å². The van der Waals surface area contributed by atoms with Gasteiger partial charge in [0.05, 0.1) is 18.8 Å². The van der Waals surface area contributed by atoms with Crippen LogP contribution < -0.4 is 5.73 Å². The quantitative estimate of drug-likeness (QED) is 0.519. The highest BCUT2D eigenvalue weighted by atomic mass is 32.1. The highest BCUT2D eigenvalue weighted by molar-refractivity contribution is 7.11. The molecule has 0 bridgehead atoms. The molecule has 0 fully saturated rings. The van der Waals surface area contributed by atoms with Crippen molar-refractivity contribution < 1.29 is 10.2 Å². The molecular weight excluding hydrogens is 282 g/mol. The van der Waals surface area contributed by atoms with Crippen LogP contribution in [0.1, 0.15) is 61.6 Å². The molecule has 0 spiro atoms. The van der Waals surface area contributed by atoms with Crippen molar-refractivity contribution in [1.29, 1.82) is 0 Å². The van der Waals surface area contributed by atoms with E-state index in [0.717, 1.165) is 6.42 Å². The van der Waals surface area contributed by atoms with Gasteiger partial charge in [0.2, 0.25) is 0 Å². The number of nitrogens with two attached hydrogens (primary N) is 1. The normalized spacial score (nSPS) is 12.0. The van der Waals surface area contributed by atoms with Crippen LogP contribution in [-0.4, -0.2) is 29.0 Å². The Morgan fingerprint density at radius 3 is 2.14 bits per heavy atom. The van der Waals surface area contributed by atoms with E-state index in [0.29, 0.717) is 6.42 Å².